The molecular formula is C16H40OSi4. The van der Waals surface area contributed by atoms with Gasteiger partial charge in [0, 0.05) is 35.8 Å². The van der Waals surface area contributed by atoms with Crippen LogP contribution in [0.5, 0.6) is 0 Å². The van der Waals surface area contributed by atoms with Gasteiger partial charge in [-0.1, -0.05) is 79.7 Å². The van der Waals surface area contributed by atoms with Gasteiger partial charge in [-0.2, -0.15) is 0 Å². The second kappa shape index (κ2) is 6.21. The van der Waals surface area contributed by atoms with Crippen molar-refractivity contribution in [3.63, 3.8) is 0 Å². The molecule has 0 bridgehead atoms. The summed E-state index contributed by atoms with van der Waals surface area (Å²) in [7, 11) is -3.91. The molecule has 0 heterocycles. The molecule has 0 aromatic carbocycles. The molecule has 0 radical (unpaired) electrons. The Morgan fingerprint density at radius 2 is 1.00 bits per heavy atom. The molecule has 0 rings (SSSR count). The summed E-state index contributed by atoms with van der Waals surface area (Å²) in [6, 6.07) is 0.992. The Bertz CT molecular complexity index is 339. The molecule has 21 heavy (non-hydrogen) atoms. The van der Waals surface area contributed by atoms with Crippen LogP contribution in [-0.4, -0.2) is 35.2 Å². The summed E-state index contributed by atoms with van der Waals surface area (Å²) in [4.78, 5) is 12.9. The molecule has 1 nitrogen and oxygen atoms in total. The van der Waals surface area contributed by atoms with Gasteiger partial charge in [-0.15, -0.1) is 0 Å². The van der Waals surface area contributed by atoms with Gasteiger partial charge >= 0.3 is 0 Å². The fourth-order valence-corrected chi connectivity index (χ4v) is 102. The van der Waals surface area contributed by atoms with Crippen LogP contribution in [0.1, 0.15) is 27.2 Å². The number of carbonyl (C=O) groups excluding carboxylic acids is 1. The third kappa shape index (κ3) is 5.01. The normalized spacial score (nSPS) is 15.2. The molecule has 0 aliphatic carbocycles. The van der Waals surface area contributed by atoms with Crippen LogP contribution in [0.2, 0.25) is 65.0 Å². The minimum Gasteiger partial charge on any atom is -0.300 e. The Morgan fingerprint density at radius 1 is 0.714 bits per heavy atom. The Labute approximate surface area is 137 Å². The van der Waals surface area contributed by atoms with Gasteiger partial charge in [0.25, 0.3) is 0 Å². The van der Waals surface area contributed by atoms with Crippen LogP contribution < -0.4 is 0 Å². The van der Waals surface area contributed by atoms with Gasteiger partial charge in [-0.25, -0.2) is 0 Å². The molecule has 0 unspecified atom stereocenters. The first-order chi connectivity index (χ1) is 8.85. The average Bonchev–Trinajstić information content (AvgIpc) is 2.04. The van der Waals surface area contributed by atoms with E-state index in [1.54, 1.807) is 0 Å². The fraction of sp³-hybridized carbons (Fsp3) is 0.938. The molecule has 0 aromatic heterocycles. The second-order valence-electron chi connectivity index (χ2n) is 11.1. The van der Waals surface area contributed by atoms with Gasteiger partial charge in [0.15, 0.2) is 0 Å². The minimum atomic E-state index is -1.50. The lowest BCUT2D eigenvalue weighted by Gasteiger charge is -2.57. The van der Waals surface area contributed by atoms with E-state index in [-0.39, 0.29) is 5.41 Å². The van der Waals surface area contributed by atoms with Gasteiger partial charge in [0.05, 0.1) is 0 Å². The summed E-state index contributed by atoms with van der Waals surface area (Å²) in [5, 5.41) is 0. The molecule has 5 heteroatoms. The van der Waals surface area contributed by atoms with Gasteiger partial charge in [0.2, 0.25) is 0 Å². The summed E-state index contributed by atoms with van der Waals surface area (Å²) in [6.45, 7) is 28.2. The van der Waals surface area contributed by atoms with Crippen molar-refractivity contribution in [3.05, 3.63) is 0 Å². The lowest BCUT2D eigenvalue weighted by Crippen LogP contribution is -2.83. The van der Waals surface area contributed by atoms with E-state index >= 15 is 0 Å². The molecule has 0 atom stereocenters. The quantitative estimate of drug-likeness (QED) is 0.556. The molecular weight excluding hydrogens is 321 g/mol. The third-order valence-electron chi connectivity index (χ3n) is 5.03. The number of carbonyl (C=O) groups is 1. The van der Waals surface area contributed by atoms with Gasteiger partial charge in [0.1, 0.15) is 5.78 Å². The summed E-state index contributed by atoms with van der Waals surface area (Å²) >= 11 is 0. The van der Waals surface area contributed by atoms with E-state index in [2.05, 4.69) is 79.7 Å². The van der Waals surface area contributed by atoms with Gasteiger partial charge < -0.3 is 4.79 Å². The number of hydrogen-bond acceptors (Lipinski definition) is 1. The SMILES string of the molecule is CC(C)(C)CC(=O)C[Si]([Si](C)(C)C)([Si](C)(C)C)[Si](C)(C)C. The number of rotatable bonds is 6. The van der Waals surface area contributed by atoms with E-state index < -0.39 is 29.4 Å². The van der Waals surface area contributed by atoms with Crippen molar-refractivity contribution in [2.45, 2.75) is 92.2 Å². The largest absolute Gasteiger partial charge is 0.300 e. The van der Waals surface area contributed by atoms with Crippen molar-refractivity contribution in [2.24, 2.45) is 5.41 Å². The molecule has 126 valence electrons. The zero-order chi connectivity index (χ0) is 17.5. The zero-order valence-electron chi connectivity index (χ0n) is 16.8. The van der Waals surface area contributed by atoms with Crippen LogP contribution in [0.25, 0.3) is 0 Å². The predicted octanol–water partition coefficient (Wildman–Crippen LogP) is 5.69. The standard InChI is InChI=1S/C16H40OSi4/c1-16(2,3)13-15(17)14-21(18(4,5)6,19(7,8)9)20(10,11)12/h13-14H2,1-12H3. The lowest BCUT2D eigenvalue weighted by molar-refractivity contribution is -0.118. The van der Waals surface area contributed by atoms with Crippen molar-refractivity contribution in [3.8, 4) is 0 Å². The van der Waals surface area contributed by atoms with E-state index in [4.69, 9.17) is 0 Å². The molecule has 0 amide bonds. The number of ketones is 1. The van der Waals surface area contributed by atoms with E-state index in [0.717, 1.165) is 12.5 Å². The average molecular weight is 361 g/mol. The van der Waals surface area contributed by atoms with E-state index in [1.165, 1.54) is 0 Å². The van der Waals surface area contributed by atoms with Gasteiger partial charge in [-0.3, -0.25) is 0 Å². The van der Waals surface area contributed by atoms with Gasteiger partial charge in [-0.05, 0) is 11.5 Å². The monoisotopic (exact) mass is 360 g/mol. The fourth-order valence-electron chi connectivity index (χ4n) is 5.12. The van der Waals surface area contributed by atoms with Crippen molar-refractivity contribution in [1.29, 1.82) is 0 Å². The maximum absolute atomic E-state index is 12.9. The summed E-state index contributed by atoms with van der Waals surface area (Å²) in [5.74, 6) is 0.571. The molecule has 0 saturated carbocycles. The van der Waals surface area contributed by atoms with Crippen molar-refractivity contribution < 1.29 is 4.79 Å². The molecule has 0 aromatic rings. The molecule has 0 saturated heterocycles. The van der Waals surface area contributed by atoms with Crippen molar-refractivity contribution in [2.75, 3.05) is 0 Å². The maximum atomic E-state index is 12.9. The summed E-state index contributed by atoms with van der Waals surface area (Å²) in [6.07, 6.45) is 0.765. The second-order valence-corrected chi connectivity index (χ2v) is 52.5. The summed E-state index contributed by atoms with van der Waals surface area (Å²) < 4.78 is 0. The lowest BCUT2D eigenvalue weighted by atomic mass is 9.90. The first-order valence-electron chi connectivity index (χ1n) is 8.37. The van der Waals surface area contributed by atoms with E-state index in [0.29, 0.717) is 5.78 Å². The Hall–Kier alpha value is 0.538. The molecule has 0 spiro atoms. The topological polar surface area (TPSA) is 17.1 Å². The van der Waals surface area contributed by atoms with Crippen LogP contribution >= 0.6 is 0 Å². The molecule has 0 aliphatic rings. The third-order valence-corrected chi connectivity index (χ3v) is 78.8. The number of Topliss-reactive ketones (excluding diaryl/α,β-unsaturated/α-hetero) is 1. The highest BCUT2D eigenvalue weighted by Gasteiger charge is 2.61. The summed E-state index contributed by atoms with van der Waals surface area (Å²) in [5.41, 5.74) is 0.134. The highest BCUT2D eigenvalue weighted by Crippen LogP contribution is 2.41. The minimum absolute atomic E-state index is 0.134. The van der Waals surface area contributed by atoms with Crippen LogP contribution in [-0.2, 0) is 4.79 Å². The van der Waals surface area contributed by atoms with Crippen LogP contribution in [0.15, 0.2) is 0 Å². The van der Waals surface area contributed by atoms with E-state index in [1.807, 2.05) is 0 Å². The van der Waals surface area contributed by atoms with Crippen LogP contribution in [0.4, 0.5) is 0 Å². The maximum Gasteiger partial charge on any atom is 0.130 e. The highest BCUT2D eigenvalue weighted by atomic mass is 29.9. The highest BCUT2D eigenvalue weighted by molar-refractivity contribution is 7.89. The smallest absolute Gasteiger partial charge is 0.130 e. The first kappa shape index (κ1) is 21.5. The Kier molecular flexibility index (Phi) is 6.37. The Balaban J connectivity index is 5.91. The van der Waals surface area contributed by atoms with Crippen molar-refractivity contribution in [1.82, 2.24) is 0 Å². The molecule has 0 aliphatic heterocycles. The van der Waals surface area contributed by atoms with Crippen molar-refractivity contribution >= 4 is 35.2 Å². The first-order valence-corrected chi connectivity index (χ1v) is 24.1. The number of hydrogen-bond donors (Lipinski definition) is 0. The van der Waals surface area contributed by atoms with Crippen LogP contribution in [0.3, 0.4) is 0 Å². The van der Waals surface area contributed by atoms with Crippen LogP contribution in [0, 0.1) is 5.41 Å². The molecule has 0 fully saturated rings. The molecule has 0 N–H and O–H groups in total. The predicted molar refractivity (Wildman–Crippen MR) is 110 cm³/mol. The Morgan fingerprint density at radius 3 is 1.19 bits per heavy atom. The zero-order valence-corrected chi connectivity index (χ0v) is 20.8. The van der Waals surface area contributed by atoms with E-state index in [9.17, 15) is 4.79 Å².